The molecule has 0 bridgehead atoms. The quantitative estimate of drug-likeness (QED) is 0.700. The fourth-order valence-corrected chi connectivity index (χ4v) is 3.97. The van der Waals surface area contributed by atoms with Gasteiger partial charge in [-0.2, -0.15) is 0 Å². The van der Waals surface area contributed by atoms with Gasteiger partial charge >= 0.3 is 0 Å². The molecule has 4 rings (SSSR count). The van der Waals surface area contributed by atoms with Gasteiger partial charge in [-0.3, -0.25) is 14.6 Å². The number of likely N-dealkylation sites (tertiary alicyclic amines) is 1. The van der Waals surface area contributed by atoms with E-state index in [0.717, 1.165) is 22.0 Å². The Kier molecular flexibility index (Phi) is 5.43. The Morgan fingerprint density at radius 3 is 2.79 bits per heavy atom. The van der Waals surface area contributed by atoms with Gasteiger partial charge in [0.05, 0.1) is 30.4 Å². The van der Waals surface area contributed by atoms with Crippen LogP contribution in [-0.2, 0) is 22.7 Å². The number of aromatic nitrogens is 2. The van der Waals surface area contributed by atoms with Crippen molar-refractivity contribution in [2.45, 2.75) is 19.5 Å². The molecule has 3 heterocycles. The smallest absolute Gasteiger partial charge is 0.225 e. The Labute approximate surface area is 167 Å². The Hall–Kier alpha value is -3.06. The van der Waals surface area contributed by atoms with E-state index >= 15 is 0 Å². The summed E-state index contributed by atoms with van der Waals surface area (Å²) in [6, 6.07) is 15.6. The van der Waals surface area contributed by atoms with E-state index in [4.69, 9.17) is 0 Å². The highest BCUT2D eigenvalue weighted by molar-refractivity contribution is 7.09. The minimum Gasteiger partial charge on any atom is -0.349 e. The van der Waals surface area contributed by atoms with Gasteiger partial charge in [0.25, 0.3) is 0 Å². The maximum Gasteiger partial charge on any atom is 0.225 e. The number of rotatable bonds is 6. The molecule has 1 N–H and O–H groups in total. The van der Waals surface area contributed by atoms with E-state index in [1.165, 1.54) is 11.3 Å². The molecule has 0 aliphatic carbocycles. The van der Waals surface area contributed by atoms with Crippen molar-refractivity contribution in [3.63, 3.8) is 0 Å². The Bertz CT molecular complexity index is 959. The Balaban J connectivity index is 1.31. The molecule has 1 aliphatic rings. The summed E-state index contributed by atoms with van der Waals surface area (Å²) in [4.78, 5) is 35.3. The first-order valence-electron chi connectivity index (χ1n) is 9.14. The summed E-state index contributed by atoms with van der Waals surface area (Å²) in [6.07, 6.45) is 1.95. The summed E-state index contributed by atoms with van der Waals surface area (Å²) in [5.74, 6) is -0.440. The van der Waals surface area contributed by atoms with Gasteiger partial charge in [0.15, 0.2) is 0 Å². The van der Waals surface area contributed by atoms with Crippen molar-refractivity contribution < 1.29 is 9.59 Å². The van der Waals surface area contributed by atoms with Gasteiger partial charge in [-0.1, -0.05) is 36.4 Å². The van der Waals surface area contributed by atoms with E-state index in [1.54, 1.807) is 11.1 Å². The lowest BCUT2D eigenvalue weighted by atomic mass is 10.1. The van der Waals surface area contributed by atoms with Crippen LogP contribution in [0, 0.1) is 5.92 Å². The Morgan fingerprint density at radius 2 is 2.00 bits per heavy atom. The lowest BCUT2D eigenvalue weighted by Gasteiger charge is -2.15. The summed E-state index contributed by atoms with van der Waals surface area (Å²) in [5.41, 5.74) is 2.79. The molecule has 2 aromatic heterocycles. The number of nitrogens with one attached hydrogen (secondary N) is 1. The van der Waals surface area contributed by atoms with Crippen LogP contribution < -0.4 is 5.32 Å². The van der Waals surface area contributed by atoms with Crippen LogP contribution in [0.1, 0.15) is 17.1 Å². The normalized spacial score (nSPS) is 16.4. The van der Waals surface area contributed by atoms with Crippen LogP contribution in [0.5, 0.6) is 0 Å². The third-order valence-corrected chi connectivity index (χ3v) is 5.55. The molecule has 1 saturated heterocycles. The zero-order valence-electron chi connectivity index (χ0n) is 15.2. The summed E-state index contributed by atoms with van der Waals surface area (Å²) in [7, 11) is 0. The number of pyridine rings is 1. The molecule has 1 aromatic carbocycles. The van der Waals surface area contributed by atoms with Gasteiger partial charge in [-0.05, 0) is 12.1 Å². The van der Waals surface area contributed by atoms with Crippen LogP contribution in [0.4, 0.5) is 0 Å². The lowest BCUT2D eigenvalue weighted by Crippen LogP contribution is -2.32. The van der Waals surface area contributed by atoms with Crippen molar-refractivity contribution in [1.82, 2.24) is 20.2 Å². The van der Waals surface area contributed by atoms with Crippen molar-refractivity contribution >= 4 is 23.2 Å². The van der Waals surface area contributed by atoms with Crippen molar-refractivity contribution in [2.24, 2.45) is 5.92 Å². The third kappa shape index (κ3) is 4.26. The molecule has 1 aliphatic heterocycles. The average molecular weight is 392 g/mol. The second-order valence-electron chi connectivity index (χ2n) is 6.71. The van der Waals surface area contributed by atoms with Gasteiger partial charge in [-0.25, -0.2) is 4.98 Å². The largest absolute Gasteiger partial charge is 0.349 e. The number of hydrogen-bond acceptors (Lipinski definition) is 5. The molecule has 6 nitrogen and oxygen atoms in total. The van der Waals surface area contributed by atoms with E-state index in [-0.39, 0.29) is 24.2 Å². The van der Waals surface area contributed by atoms with E-state index in [0.29, 0.717) is 19.6 Å². The van der Waals surface area contributed by atoms with Crippen molar-refractivity contribution in [3.8, 4) is 11.3 Å². The first kappa shape index (κ1) is 18.3. The minimum absolute atomic E-state index is 0.00795. The standard InChI is InChI=1S/C21H20N4O2S/c26-20-10-16(12-25(20)13-17-8-4-5-9-22-17)21(27)23-11-19-24-18(14-28-19)15-6-2-1-3-7-15/h1-9,14,16H,10-13H2,(H,23,27)/t16-/m1/s1. The highest BCUT2D eigenvalue weighted by Gasteiger charge is 2.34. The monoisotopic (exact) mass is 392 g/mol. The van der Waals surface area contributed by atoms with E-state index in [2.05, 4.69) is 15.3 Å². The molecule has 0 spiro atoms. The minimum atomic E-state index is -0.329. The van der Waals surface area contributed by atoms with E-state index in [1.807, 2.05) is 53.9 Å². The molecule has 28 heavy (non-hydrogen) atoms. The zero-order chi connectivity index (χ0) is 19.3. The maximum absolute atomic E-state index is 12.5. The van der Waals surface area contributed by atoms with Crippen LogP contribution in [0.3, 0.4) is 0 Å². The lowest BCUT2D eigenvalue weighted by molar-refractivity contribution is -0.129. The van der Waals surface area contributed by atoms with Crippen molar-refractivity contribution in [2.75, 3.05) is 6.54 Å². The first-order chi connectivity index (χ1) is 13.7. The molecule has 0 saturated carbocycles. The molecular weight excluding hydrogens is 372 g/mol. The molecule has 0 unspecified atom stereocenters. The number of carbonyl (C=O) groups is 2. The molecule has 142 valence electrons. The second kappa shape index (κ2) is 8.31. The maximum atomic E-state index is 12.5. The van der Waals surface area contributed by atoms with Crippen LogP contribution in [-0.4, -0.2) is 33.2 Å². The summed E-state index contributed by atoms with van der Waals surface area (Å²) in [5, 5.41) is 5.76. The number of benzene rings is 1. The number of thiazole rings is 1. The molecule has 3 aromatic rings. The van der Waals surface area contributed by atoms with E-state index in [9.17, 15) is 9.59 Å². The number of nitrogens with zero attached hydrogens (tertiary/aromatic N) is 3. The third-order valence-electron chi connectivity index (χ3n) is 4.70. The van der Waals surface area contributed by atoms with Crippen molar-refractivity contribution in [1.29, 1.82) is 0 Å². The van der Waals surface area contributed by atoms with Crippen LogP contribution in [0.15, 0.2) is 60.1 Å². The number of amides is 2. The zero-order valence-corrected chi connectivity index (χ0v) is 16.1. The van der Waals surface area contributed by atoms with Gasteiger partial charge < -0.3 is 10.2 Å². The predicted octanol–water partition coefficient (Wildman–Crippen LogP) is 2.87. The topological polar surface area (TPSA) is 75.2 Å². The first-order valence-corrected chi connectivity index (χ1v) is 10.0. The highest BCUT2D eigenvalue weighted by atomic mass is 32.1. The van der Waals surface area contributed by atoms with Gasteiger partial charge in [0, 0.05) is 30.1 Å². The fraction of sp³-hybridized carbons (Fsp3) is 0.238. The van der Waals surface area contributed by atoms with Gasteiger partial charge in [0.2, 0.25) is 11.8 Å². The summed E-state index contributed by atoms with van der Waals surface area (Å²) in [6.45, 7) is 1.24. The molecular formula is C21H20N4O2S. The molecule has 1 fully saturated rings. The SMILES string of the molecule is O=C(NCc1nc(-c2ccccc2)cs1)[C@@H]1CC(=O)N(Cc2ccccn2)C1. The second-order valence-corrected chi connectivity index (χ2v) is 7.65. The van der Waals surface area contributed by atoms with Crippen LogP contribution in [0.25, 0.3) is 11.3 Å². The Morgan fingerprint density at radius 1 is 1.18 bits per heavy atom. The van der Waals surface area contributed by atoms with E-state index < -0.39 is 0 Å². The predicted molar refractivity (Wildman–Crippen MR) is 107 cm³/mol. The number of carbonyl (C=O) groups excluding carboxylic acids is 2. The van der Waals surface area contributed by atoms with Crippen LogP contribution >= 0.6 is 11.3 Å². The molecule has 0 radical (unpaired) electrons. The highest BCUT2D eigenvalue weighted by Crippen LogP contribution is 2.22. The fourth-order valence-electron chi connectivity index (χ4n) is 3.23. The van der Waals surface area contributed by atoms with Gasteiger partial charge in [-0.15, -0.1) is 11.3 Å². The van der Waals surface area contributed by atoms with Crippen molar-refractivity contribution in [3.05, 3.63) is 70.8 Å². The molecule has 1 atom stereocenters. The number of hydrogen-bond donors (Lipinski definition) is 1. The summed E-state index contributed by atoms with van der Waals surface area (Å²) < 4.78 is 0. The summed E-state index contributed by atoms with van der Waals surface area (Å²) >= 11 is 1.52. The molecule has 7 heteroatoms. The average Bonchev–Trinajstić information content (AvgIpc) is 3.35. The van der Waals surface area contributed by atoms with Crippen LogP contribution in [0.2, 0.25) is 0 Å². The van der Waals surface area contributed by atoms with Gasteiger partial charge in [0.1, 0.15) is 5.01 Å². The molecule has 2 amide bonds.